The quantitative estimate of drug-likeness (QED) is 0.193. The van der Waals surface area contributed by atoms with Gasteiger partial charge in [-0.25, -0.2) is 0 Å². The summed E-state index contributed by atoms with van der Waals surface area (Å²) in [5.74, 6) is -3.72. The molecule has 3 unspecified atom stereocenters. The first kappa shape index (κ1) is 64.2. The summed E-state index contributed by atoms with van der Waals surface area (Å²) in [5.41, 5.74) is -1.21. The fourth-order valence-electron chi connectivity index (χ4n) is 3.45. The zero-order chi connectivity index (χ0) is 20.9. The van der Waals surface area contributed by atoms with Gasteiger partial charge in [-0.05, 0) is 26.7 Å². The SMILES string of the molecule is C.C.C.C.C.C.C.C.C.CCC(C(=O)O)C(CC(C)C[N+](C)(C)C)C(=O)NC(C)(C)CS(=O)(=O)O. The largest absolute Gasteiger partial charge is 0.481 e. The molecule has 3 atom stereocenters. The number of nitrogens with one attached hydrogen (secondary N) is 1. The number of rotatable bonds is 11. The summed E-state index contributed by atoms with van der Waals surface area (Å²) in [5, 5.41) is 12.1. The molecule has 3 N–H and O–H groups in total. The number of carboxylic acids is 1. The number of quaternary nitrogens is 1. The van der Waals surface area contributed by atoms with Crippen molar-refractivity contribution >= 4 is 22.0 Å². The Morgan fingerprint density at radius 2 is 1.26 bits per heavy atom. The maximum Gasteiger partial charge on any atom is 0.307 e. The monoisotopic (exact) mass is 540 g/mol. The summed E-state index contributed by atoms with van der Waals surface area (Å²) >= 11 is 0. The van der Waals surface area contributed by atoms with Crippen molar-refractivity contribution < 1.29 is 32.1 Å². The molecule has 1 amide bonds. The summed E-state index contributed by atoms with van der Waals surface area (Å²) in [6.45, 7) is 7.42. The van der Waals surface area contributed by atoms with E-state index in [4.69, 9.17) is 4.55 Å². The van der Waals surface area contributed by atoms with Crippen LogP contribution in [0.15, 0.2) is 0 Å². The molecular formula is C26H71N2O6S+. The molecule has 0 aromatic rings. The van der Waals surface area contributed by atoms with Gasteiger partial charge in [-0.2, -0.15) is 8.42 Å². The average Bonchev–Trinajstić information content (AvgIpc) is 2.31. The van der Waals surface area contributed by atoms with E-state index in [0.29, 0.717) is 17.3 Å². The van der Waals surface area contributed by atoms with Crippen molar-refractivity contribution in [1.29, 1.82) is 0 Å². The second-order valence-electron chi connectivity index (χ2n) is 8.87. The fourth-order valence-corrected chi connectivity index (χ4v) is 4.43. The minimum absolute atomic E-state index is 0. The first-order valence-corrected chi connectivity index (χ1v) is 10.4. The Balaban J connectivity index is -0.0000000868. The Bertz CT molecular complexity index is 599. The number of nitrogens with zero attached hydrogens (tertiary/aromatic N) is 1. The number of carbonyl (C=O) groups is 2. The molecule has 0 heterocycles. The van der Waals surface area contributed by atoms with Gasteiger partial charge >= 0.3 is 5.97 Å². The molecule has 0 aliphatic rings. The van der Waals surface area contributed by atoms with E-state index < -0.39 is 45.1 Å². The molecule has 0 aliphatic heterocycles. The third-order valence-electron chi connectivity index (χ3n) is 4.10. The Hall–Kier alpha value is -1.19. The summed E-state index contributed by atoms with van der Waals surface area (Å²) in [4.78, 5) is 24.4. The third-order valence-corrected chi connectivity index (χ3v) is 5.19. The summed E-state index contributed by atoms with van der Waals surface area (Å²) in [6, 6.07) is 0. The fraction of sp³-hybridized carbons (Fsp3) is 0.923. The van der Waals surface area contributed by atoms with Crippen molar-refractivity contribution in [3.63, 3.8) is 0 Å². The van der Waals surface area contributed by atoms with Crippen LogP contribution in [0.5, 0.6) is 0 Å². The Morgan fingerprint density at radius 3 is 1.51 bits per heavy atom. The highest BCUT2D eigenvalue weighted by molar-refractivity contribution is 7.85. The molecule has 0 bridgehead atoms. The third kappa shape index (κ3) is 28.9. The van der Waals surface area contributed by atoms with E-state index >= 15 is 0 Å². The van der Waals surface area contributed by atoms with Crippen LogP contribution in [0, 0.1) is 17.8 Å². The first-order chi connectivity index (χ1) is 11.5. The van der Waals surface area contributed by atoms with Crippen molar-refractivity contribution in [2.75, 3.05) is 33.4 Å². The van der Waals surface area contributed by atoms with Crippen LogP contribution in [0.1, 0.15) is 107 Å². The van der Waals surface area contributed by atoms with Crippen LogP contribution in [0.25, 0.3) is 0 Å². The van der Waals surface area contributed by atoms with Gasteiger partial charge in [-0.15, -0.1) is 0 Å². The van der Waals surface area contributed by atoms with Gasteiger partial charge < -0.3 is 14.9 Å². The summed E-state index contributed by atoms with van der Waals surface area (Å²) in [6.07, 6.45) is 0.678. The van der Waals surface area contributed by atoms with Gasteiger partial charge in [0, 0.05) is 5.92 Å². The molecule has 226 valence electrons. The molecule has 0 spiro atoms. The predicted octanol–water partition coefficient (Wildman–Crippen LogP) is 6.95. The smallest absolute Gasteiger partial charge is 0.307 e. The van der Waals surface area contributed by atoms with E-state index in [9.17, 15) is 23.1 Å². The molecule has 8 nitrogen and oxygen atoms in total. The van der Waals surface area contributed by atoms with Crippen LogP contribution < -0.4 is 5.32 Å². The number of carbonyl (C=O) groups excluding carboxylic acids is 1. The van der Waals surface area contributed by atoms with E-state index in [2.05, 4.69) is 5.32 Å². The van der Waals surface area contributed by atoms with Crippen LogP contribution >= 0.6 is 0 Å². The molecule has 0 saturated heterocycles. The van der Waals surface area contributed by atoms with Crippen molar-refractivity contribution in [2.45, 2.75) is 113 Å². The van der Waals surface area contributed by atoms with Crippen molar-refractivity contribution in [1.82, 2.24) is 5.32 Å². The molecule has 0 rings (SSSR count). The van der Waals surface area contributed by atoms with Gasteiger partial charge in [0.2, 0.25) is 5.91 Å². The Kier molecular flexibility index (Phi) is 44.9. The highest BCUT2D eigenvalue weighted by Gasteiger charge is 2.37. The van der Waals surface area contributed by atoms with Gasteiger partial charge in [-0.1, -0.05) is 80.7 Å². The normalized spacial score (nSPS) is 12.3. The van der Waals surface area contributed by atoms with Crippen LogP contribution in [0.2, 0.25) is 0 Å². The number of aliphatic carboxylic acids is 1. The number of amides is 1. The number of hydrogen-bond donors (Lipinski definition) is 3. The molecule has 9 heteroatoms. The molecule has 0 aliphatic carbocycles. The van der Waals surface area contributed by atoms with E-state index in [1.54, 1.807) is 6.92 Å². The minimum atomic E-state index is -4.28. The maximum atomic E-state index is 12.8. The molecule has 0 fully saturated rings. The second kappa shape index (κ2) is 24.5. The lowest BCUT2D eigenvalue weighted by molar-refractivity contribution is -0.873. The maximum absolute atomic E-state index is 12.8. The molecule has 0 saturated carbocycles. The van der Waals surface area contributed by atoms with E-state index in [-0.39, 0.29) is 72.8 Å². The second-order valence-corrected chi connectivity index (χ2v) is 10.3. The molecule has 0 aromatic heterocycles. The van der Waals surface area contributed by atoms with Gasteiger partial charge in [0.25, 0.3) is 10.1 Å². The summed E-state index contributed by atoms with van der Waals surface area (Å²) in [7, 11) is 1.79. The predicted molar refractivity (Wildman–Crippen MR) is 161 cm³/mol. The molecule has 0 aromatic carbocycles. The van der Waals surface area contributed by atoms with E-state index in [1.807, 2.05) is 28.1 Å². The van der Waals surface area contributed by atoms with Crippen LogP contribution in [0.3, 0.4) is 0 Å². The Labute approximate surface area is 223 Å². The average molecular weight is 540 g/mol. The molecule has 35 heavy (non-hydrogen) atoms. The minimum Gasteiger partial charge on any atom is -0.481 e. The lowest BCUT2D eigenvalue weighted by Crippen LogP contribution is -2.52. The Morgan fingerprint density at radius 1 is 0.886 bits per heavy atom. The number of hydrogen-bond acceptors (Lipinski definition) is 4. The zero-order valence-electron chi connectivity index (χ0n) is 16.9. The van der Waals surface area contributed by atoms with Gasteiger partial charge in [-0.3, -0.25) is 14.1 Å². The van der Waals surface area contributed by atoms with E-state index in [0.717, 1.165) is 6.54 Å². The molecule has 0 radical (unpaired) electrons. The standard InChI is InChI=1S/C17H34N2O6S.9CH4/c1-8-13(16(21)22)14(9-12(2)10-19(5,6)7)15(20)18-17(3,4)11-26(23,24)25;;;;;;;;;/h12-14H,8-11H2,1-7H3,(H2-,18,20,21,22,23,24,25);9*1H4/p+1. The van der Waals surface area contributed by atoms with Crippen molar-refractivity contribution in [2.24, 2.45) is 17.8 Å². The van der Waals surface area contributed by atoms with Crippen molar-refractivity contribution in [3.8, 4) is 0 Å². The lowest BCUT2D eigenvalue weighted by Gasteiger charge is -2.33. The van der Waals surface area contributed by atoms with Crippen LogP contribution in [0.4, 0.5) is 0 Å². The molecular weight excluding hydrogens is 468 g/mol. The highest BCUT2D eigenvalue weighted by atomic mass is 32.2. The van der Waals surface area contributed by atoms with Gasteiger partial charge in [0.05, 0.1) is 50.8 Å². The zero-order valence-corrected chi connectivity index (χ0v) is 17.8. The first-order valence-electron chi connectivity index (χ1n) is 8.78. The summed E-state index contributed by atoms with van der Waals surface area (Å²) < 4.78 is 32.0. The van der Waals surface area contributed by atoms with Crippen LogP contribution in [-0.4, -0.2) is 73.4 Å². The topological polar surface area (TPSA) is 121 Å². The highest BCUT2D eigenvalue weighted by Crippen LogP contribution is 2.26. The van der Waals surface area contributed by atoms with Crippen LogP contribution in [-0.2, 0) is 19.7 Å². The van der Waals surface area contributed by atoms with E-state index in [1.165, 1.54) is 13.8 Å². The lowest BCUT2D eigenvalue weighted by atomic mass is 9.82. The number of carboxylic acid groups (broad SMARTS) is 1. The van der Waals surface area contributed by atoms with Gasteiger partial charge in [0.1, 0.15) is 0 Å². The van der Waals surface area contributed by atoms with Gasteiger partial charge in [0.15, 0.2) is 0 Å². The van der Waals surface area contributed by atoms with Crippen molar-refractivity contribution in [3.05, 3.63) is 0 Å².